The number of thiol groups is 1. The number of hydrogen-bond acceptors (Lipinski definition) is 3. The molecule has 0 radical (unpaired) electrons. The van der Waals surface area contributed by atoms with Crippen LogP contribution in [0.4, 0.5) is 0 Å². The predicted octanol–water partition coefficient (Wildman–Crippen LogP) is 0.609. The van der Waals surface area contributed by atoms with Gasteiger partial charge in [-0.1, -0.05) is 0 Å². The molecule has 0 atom stereocenters. The molecule has 11 heavy (non-hydrogen) atoms. The second-order valence-electron chi connectivity index (χ2n) is 2.25. The van der Waals surface area contributed by atoms with Crippen LogP contribution >= 0.6 is 12.9 Å². The van der Waals surface area contributed by atoms with Gasteiger partial charge in [0, 0.05) is 0 Å². The van der Waals surface area contributed by atoms with Crippen LogP contribution in [0, 0.1) is 0 Å². The fourth-order valence-corrected chi connectivity index (χ4v) is 1.88. The Morgan fingerprint density at radius 2 is 2.55 bits per heavy atom. The average Bonchev–Trinajstić information content (AvgIpc) is 2.37. The van der Waals surface area contributed by atoms with Gasteiger partial charge in [-0.05, 0) is 0 Å². The Labute approximate surface area is 87.9 Å². The first-order valence-corrected chi connectivity index (χ1v) is 5.74. The molecule has 0 fully saturated rings. The fraction of sp³-hybridized carbons (Fsp3) is 0.500. The molecule has 0 bridgehead atoms. The second-order valence-corrected chi connectivity index (χ2v) is 4.83. The van der Waals surface area contributed by atoms with Crippen molar-refractivity contribution < 1.29 is 4.18 Å². The van der Waals surface area contributed by atoms with Crippen molar-refractivity contribution in [1.82, 2.24) is 7.36 Å². The van der Waals surface area contributed by atoms with Gasteiger partial charge in [0.2, 0.25) is 0 Å². The molecule has 0 aliphatic rings. The van der Waals surface area contributed by atoms with Gasteiger partial charge in [0.1, 0.15) is 0 Å². The standard InChI is InChI=1S/C6H9N2OS.Tl/c10-9-3-1-2-6-4-7-5-8-6;/h4-5H,1-3H2,(H-,7,8,10);/q-1;+1. The zero-order valence-electron chi connectivity index (χ0n) is 6.10. The molecular weight excluding hydrogens is 353 g/mol. The van der Waals surface area contributed by atoms with Crippen LogP contribution in [0.1, 0.15) is 12.1 Å². The van der Waals surface area contributed by atoms with E-state index in [1.54, 1.807) is 0 Å². The van der Waals surface area contributed by atoms with Crippen LogP contribution < -0.4 is 0 Å². The predicted molar refractivity (Wildman–Crippen MR) is 46.6 cm³/mol. The first-order chi connectivity index (χ1) is 5.33. The topological polar surface area (TPSA) is 27.1 Å². The van der Waals surface area contributed by atoms with Crippen LogP contribution in [-0.2, 0) is 10.6 Å². The minimum atomic E-state index is 0.694. The summed E-state index contributed by atoms with van der Waals surface area (Å²) in [5.74, 6) is 0. The maximum atomic E-state index is 4.64. The number of aromatic nitrogens is 2. The third-order valence-electron chi connectivity index (χ3n) is 1.32. The minimum absolute atomic E-state index is 0.694. The summed E-state index contributed by atoms with van der Waals surface area (Å²) in [4.78, 5) is 4.21. The van der Waals surface area contributed by atoms with Crippen LogP contribution in [0.5, 0.6) is 0 Å². The molecule has 3 nitrogen and oxygen atoms in total. The summed E-state index contributed by atoms with van der Waals surface area (Å²) < 4.78 is 6.75. The Kier molecular flexibility index (Phi) is 4.46. The van der Waals surface area contributed by atoms with Crippen LogP contribution in [-0.4, -0.2) is 40.0 Å². The van der Waals surface area contributed by atoms with E-state index in [0.717, 1.165) is 44.6 Å². The van der Waals surface area contributed by atoms with Crippen LogP contribution in [0.2, 0.25) is 0 Å². The Hall–Kier alpha value is 0.442. The van der Waals surface area contributed by atoms with Crippen molar-refractivity contribution in [3.05, 3.63) is 18.2 Å². The summed E-state index contributed by atoms with van der Waals surface area (Å²) in [6, 6.07) is 0. The molecule has 1 rings (SSSR count). The Balaban J connectivity index is 2.27. The number of nitrogens with zero attached hydrogens (tertiary/aromatic N) is 2. The van der Waals surface area contributed by atoms with E-state index in [-0.39, 0.29) is 0 Å². The molecule has 58 valence electrons. The summed E-state index contributed by atoms with van der Waals surface area (Å²) in [7, 11) is 0. The molecule has 0 aliphatic carbocycles. The van der Waals surface area contributed by atoms with Crippen molar-refractivity contribution in [2.75, 3.05) is 6.61 Å². The van der Waals surface area contributed by atoms with Gasteiger partial charge >= 0.3 is 88.2 Å². The van der Waals surface area contributed by atoms with Crippen LogP contribution in [0.15, 0.2) is 12.5 Å². The second kappa shape index (κ2) is 5.15. The Morgan fingerprint density at radius 1 is 1.73 bits per heavy atom. The van der Waals surface area contributed by atoms with Crippen molar-refractivity contribution in [2.45, 2.75) is 12.8 Å². The van der Waals surface area contributed by atoms with Crippen molar-refractivity contribution in [3.63, 3.8) is 0 Å². The quantitative estimate of drug-likeness (QED) is 0.368. The molecule has 0 N–H and O–H groups in total. The number of aryl methyl sites for hydroxylation is 1. The molecule has 1 heterocycles. The average molecular weight is 362 g/mol. The van der Waals surface area contributed by atoms with Gasteiger partial charge in [-0.15, -0.1) is 0 Å². The van der Waals surface area contributed by atoms with E-state index >= 15 is 0 Å². The Bertz CT molecular complexity index is 216. The fourth-order valence-electron chi connectivity index (χ4n) is 0.827. The molecule has 5 heteroatoms. The van der Waals surface area contributed by atoms with Gasteiger partial charge in [-0.25, -0.2) is 0 Å². The monoisotopic (exact) mass is 362 g/mol. The van der Waals surface area contributed by atoms with E-state index < -0.39 is 0 Å². The number of imidazole rings is 1. The third kappa shape index (κ3) is 3.57. The van der Waals surface area contributed by atoms with Gasteiger partial charge in [-0.2, -0.15) is 0 Å². The van der Waals surface area contributed by atoms with Crippen LogP contribution in [0.3, 0.4) is 0 Å². The molecule has 1 aromatic rings. The van der Waals surface area contributed by atoms with E-state index in [0.29, 0.717) is 6.61 Å². The zero-order chi connectivity index (χ0) is 8.10. The first kappa shape index (κ1) is 9.53. The summed E-state index contributed by atoms with van der Waals surface area (Å²) in [6.45, 7) is 0.694. The maximum absolute atomic E-state index is 4.64. The Morgan fingerprint density at radius 3 is 3.09 bits per heavy atom. The van der Waals surface area contributed by atoms with E-state index in [2.05, 4.69) is 30.7 Å². The van der Waals surface area contributed by atoms with Gasteiger partial charge in [0.05, 0.1) is 0 Å². The molecule has 0 spiro atoms. The first-order valence-electron chi connectivity index (χ1n) is 3.37. The molecular formula is C6H9N2OSTl. The molecule has 0 saturated carbocycles. The number of rotatable bonds is 4. The van der Waals surface area contributed by atoms with Gasteiger partial charge in [0.25, 0.3) is 0 Å². The zero-order valence-corrected chi connectivity index (χ0v) is 11.5. The van der Waals surface area contributed by atoms with E-state index in [1.165, 1.54) is 0 Å². The molecule has 0 aliphatic heterocycles. The van der Waals surface area contributed by atoms with Gasteiger partial charge < -0.3 is 0 Å². The molecule has 0 unspecified atom stereocenters. The van der Waals surface area contributed by atoms with Gasteiger partial charge in [0.15, 0.2) is 0 Å². The van der Waals surface area contributed by atoms with Crippen molar-refractivity contribution >= 4 is 39.0 Å². The van der Waals surface area contributed by atoms with Gasteiger partial charge in [-0.3, -0.25) is 0 Å². The summed E-state index contributed by atoms with van der Waals surface area (Å²) in [6.07, 6.45) is 5.94. The summed E-state index contributed by atoms with van der Waals surface area (Å²) in [5.41, 5.74) is 1.15. The summed E-state index contributed by atoms with van der Waals surface area (Å²) >= 11 is 4.48. The summed E-state index contributed by atoms with van der Waals surface area (Å²) in [5, 5.41) is 0. The third-order valence-corrected chi connectivity index (χ3v) is 2.60. The van der Waals surface area contributed by atoms with Crippen molar-refractivity contribution in [2.24, 2.45) is 0 Å². The normalized spacial score (nSPS) is 10.2. The van der Waals surface area contributed by atoms with Crippen molar-refractivity contribution in [1.29, 1.82) is 0 Å². The molecule has 1 aromatic heterocycles. The van der Waals surface area contributed by atoms with E-state index in [4.69, 9.17) is 0 Å². The molecule has 0 amide bonds. The van der Waals surface area contributed by atoms with E-state index in [1.807, 2.05) is 6.33 Å². The molecule has 0 aromatic carbocycles. The number of hydrogen-bond donors (Lipinski definition) is 1. The molecule has 0 saturated heterocycles. The van der Waals surface area contributed by atoms with E-state index in [9.17, 15) is 0 Å². The van der Waals surface area contributed by atoms with Crippen molar-refractivity contribution in [3.8, 4) is 0 Å². The van der Waals surface area contributed by atoms with Crippen LogP contribution in [0.25, 0.3) is 0 Å². The SMILES string of the molecule is SOCCCc1c[n]([Tl])cn1.